The fourth-order valence-corrected chi connectivity index (χ4v) is 2.40. The van der Waals surface area contributed by atoms with Crippen LogP contribution in [0.25, 0.3) is 0 Å². The van der Waals surface area contributed by atoms with Crippen LogP contribution in [0.2, 0.25) is 0 Å². The van der Waals surface area contributed by atoms with Gasteiger partial charge in [-0.3, -0.25) is 0 Å². The van der Waals surface area contributed by atoms with Crippen LogP contribution >= 0.6 is 0 Å². The third-order valence-corrected chi connectivity index (χ3v) is 3.37. The highest BCUT2D eigenvalue weighted by Crippen LogP contribution is 2.33. The minimum Gasteiger partial charge on any atom is -0.478 e. The van der Waals surface area contributed by atoms with E-state index in [0.717, 1.165) is 0 Å². The van der Waals surface area contributed by atoms with E-state index in [1.54, 1.807) is 0 Å². The Morgan fingerprint density at radius 2 is 2.26 bits per heavy atom. The number of aromatic carboxylic acids is 1. The molecule has 0 bridgehead atoms. The second-order valence-electron chi connectivity index (χ2n) is 4.79. The van der Waals surface area contributed by atoms with E-state index in [9.17, 15) is 18.7 Å². The zero-order valence-electron chi connectivity index (χ0n) is 10.0. The summed E-state index contributed by atoms with van der Waals surface area (Å²) in [7, 11) is 0. The van der Waals surface area contributed by atoms with Gasteiger partial charge in [-0.05, 0) is 6.07 Å². The van der Waals surface area contributed by atoms with Gasteiger partial charge in [-0.15, -0.1) is 0 Å². The maximum Gasteiger partial charge on any atom is 0.339 e. The Kier molecular flexibility index (Phi) is 2.67. The van der Waals surface area contributed by atoms with E-state index in [2.05, 4.69) is 4.98 Å². The maximum absolute atomic E-state index is 13.2. The van der Waals surface area contributed by atoms with Gasteiger partial charge in [0.15, 0.2) is 0 Å². The van der Waals surface area contributed by atoms with Crippen molar-refractivity contribution in [2.24, 2.45) is 0 Å². The van der Waals surface area contributed by atoms with E-state index in [1.807, 2.05) is 0 Å². The topological polar surface area (TPSA) is 62.7 Å². The van der Waals surface area contributed by atoms with Crippen molar-refractivity contribution in [2.75, 3.05) is 18.0 Å². The maximum atomic E-state index is 13.2. The molecule has 0 atom stereocenters. The number of hydrogen-bond donors (Lipinski definition) is 1. The number of alkyl halides is 2. The van der Waals surface area contributed by atoms with Gasteiger partial charge in [0, 0.05) is 18.5 Å². The number of hydrogen-bond acceptors (Lipinski definition) is 4. The molecule has 0 saturated carbocycles. The van der Waals surface area contributed by atoms with Crippen LogP contribution in [0, 0.1) is 0 Å². The number of carboxylic acid groups (broad SMARTS) is 1. The molecule has 0 unspecified atom stereocenters. The summed E-state index contributed by atoms with van der Waals surface area (Å²) in [4.78, 5) is 16.8. The number of rotatable bonds is 2. The Morgan fingerprint density at radius 3 is 2.89 bits per heavy atom. The molecule has 1 aromatic rings. The van der Waals surface area contributed by atoms with E-state index in [0.29, 0.717) is 24.5 Å². The second kappa shape index (κ2) is 4.12. The third-order valence-electron chi connectivity index (χ3n) is 3.37. The number of carboxylic acids is 1. The minimum absolute atomic E-state index is 0.0399. The van der Waals surface area contributed by atoms with Gasteiger partial charge in [0.05, 0.1) is 25.5 Å². The average Bonchev–Trinajstić information content (AvgIpc) is 2.92. The molecular weight excluding hydrogens is 258 g/mol. The molecule has 5 nitrogen and oxygen atoms in total. The normalized spacial score (nSPS) is 20.6. The lowest BCUT2D eigenvalue weighted by Gasteiger charge is -2.19. The molecule has 0 radical (unpaired) electrons. The Morgan fingerprint density at radius 1 is 1.47 bits per heavy atom. The van der Waals surface area contributed by atoms with E-state index in [1.165, 1.54) is 11.0 Å². The first kappa shape index (κ1) is 12.3. The summed E-state index contributed by atoms with van der Waals surface area (Å²) in [5, 5.41) is 9.19. The first-order valence-corrected chi connectivity index (χ1v) is 5.93. The van der Waals surface area contributed by atoms with Crippen LogP contribution in [0.4, 0.5) is 14.6 Å². The van der Waals surface area contributed by atoms with Crippen LogP contribution in [0.15, 0.2) is 6.07 Å². The van der Waals surface area contributed by atoms with Crippen molar-refractivity contribution in [3.63, 3.8) is 0 Å². The summed E-state index contributed by atoms with van der Waals surface area (Å²) < 4.78 is 31.7. The zero-order valence-corrected chi connectivity index (χ0v) is 10.0. The number of aromatic nitrogens is 1. The van der Waals surface area contributed by atoms with Crippen LogP contribution < -0.4 is 4.90 Å². The standard InChI is InChI=1S/C12H12F2N2O3/c13-12(14)1-2-16(6-12)10-8(11(17)18)3-7-4-19-5-9(7)15-10/h3H,1-2,4-6H2,(H,17,18). The second-order valence-corrected chi connectivity index (χ2v) is 4.79. The molecular formula is C12H12F2N2O3. The van der Waals surface area contributed by atoms with Gasteiger partial charge in [0.25, 0.3) is 5.92 Å². The lowest BCUT2D eigenvalue weighted by atomic mass is 10.1. The predicted octanol–water partition coefficient (Wildman–Crippen LogP) is 1.66. The fraction of sp³-hybridized carbons (Fsp3) is 0.500. The van der Waals surface area contributed by atoms with Crippen LogP contribution in [0.5, 0.6) is 0 Å². The van der Waals surface area contributed by atoms with E-state index in [4.69, 9.17) is 4.74 Å². The predicted molar refractivity (Wildman–Crippen MR) is 61.5 cm³/mol. The van der Waals surface area contributed by atoms with Crippen LogP contribution in [-0.4, -0.2) is 35.1 Å². The van der Waals surface area contributed by atoms with Gasteiger partial charge in [-0.2, -0.15) is 0 Å². The van der Waals surface area contributed by atoms with Crippen molar-refractivity contribution >= 4 is 11.8 Å². The summed E-state index contributed by atoms with van der Waals surface area (Å²) in [6.07, 6.45) is -0.276. The fourth-order valence-electron chi connectivity index (χ4n) is 2.40. The number of anilines is 1. The molecule has 0 amide bonds. The quantitative estimate of drug-likeness (QED) is 0.885. The molecule has 1 N–H and O–H groups in total. The molecule has 19 heavy (non-hydrogen) atoms. The Bertz CT molecular complexity index is 548. The first-order valence-electron chi connectivity index (χ1n) is 5.93. The lowest BCUT2D eigenvalue weighted by molar-refractivity contribution is 0.0256. The molecule has 2 aliphatic rings. The number of halogens is 2. The molecule has 0 spiro atoms. The number of carbonyl (C=O) groups is 1. The van der Waals surface area contributed by atoms with Gasteiger partial charge >= 0.3 is 5.97 Å². The highest BCUT2D eigenvalue weighted by Gasteiger charge is 2.40. The highest BCUT2D eigenvalue weighted by molar-refractivity contribution is 5.93. The van der Waals surface area contributed by atoms with E-state index in [-0.39, 0.29) is 24.3 Å². The molecule has 1 saturated heterocycles. The Hall–Kier alpha value is -1.76. The zero-order chi connectivity index (χ0) is 13.6. The number of pyridine rings is 1. The van der Waals surface area contributed by atoms with Crippen LogP contribution in [0.3, 0.4) is 0 Å². The Labute approximate surface area is 107 Å². The summed E-state index contributed by atoms with van der Waals surface area (Å²) in [6, 6.07) is 1.48. The van der Waals surface area contributed by atoms with Crippen LogP contribution in [-0.2, 0) is 18.0 Å². The first-order chi connectivity index (χ1) is 8.96. The summed E-state index contributed by atoms with van der Waals surface area (Å²) in [6.45, 7) is 0.241. The van der Waals surface area contributed by atoms with Crippen molar-refractivity contribution < 1.29 is 23.4 Å². The molecule has 2 aliphatic heterocycles. The van der Waals surface area contributed by atoms with Crippen molar-refractivity contribution in [3.05, 3.63) is 22.9 Å². The molecule has 1 aromatic heterocycles. The molecule has 1 fully saturated rings. The summed E-state index contributed by atoms with van der Waals surface area (Å²) in [5.74, 6) is -3.83. The van der Waals surface area contributed by atoms with Crippen molar-refractivity contribution in [1.29, 1.82) is 0 Å². The minimum atomic E-state index is -2.78. The molecule has 7 heteroatoms. The van der Waals surface area contributed by atoms with Gasteiger partial charge in [0.1, 0.15) is 11.4 Å². The number of nitrogens with zero attached hydrogens (tertiary/aromatic N) is 2. The summed E-state index contributed by atoms with van der Waals surface area (Å²) >= 11 is 0. The van der Waals surface area contributed by atoms with E-state index < -0.39 is 18.4 Å². The van der Waals surface area contributed by atoms with Gasteiger partial charge in [-0.1, -0.05) is 0 Å². The SMILES string of the molecule is O=C(O)c1cc2c(nc1N1CCC(F)(F)C1)COC2. The van der Waals surface area contributed by atoms with Crippen molar-refractivity contribution in [2.45, 2.75) is 25.6 Å². The average molecular weight is 270 g/mol. The Balaban J connectivity index is 2.02. The third kappa shape index (κ3) is 2.14. The number of ether oxygens (including phenoxy) is 1. The molecule has 0 aliphatic carbocycles. The van der Waals surface area contributed by atoms with Gasteiger partial charge in [-0.25, -0.2) is 18.6 Å². The van der Waals surface area contributed by atoms with Crippen LogP contribution in [0.1, 0.15) is 28.0 Å². The monoisotopic (exact) mass is 270 g/mol. The van der Waals surface area contributed by atoms with E-state index >= 15 is 0 Å². The highest BCUT2D eigenvalue weighted by atomic mass is 19.3. The largest absolute Gasteiger partial charge is 0.478 e. The van der Waals surface area contributed by atoms with Gasteiger partial charge < -0.3 is 14.7 Å². The molecule has 0 aromatic carbocycles. The molecule has 3 heterocycles. The lowest BCUT2D eigenvalue weighted by Crippen LogP contribution is -2.27. The van der Waals surface area contributed by atoms with Crippen molar-refractivity contribution in [1.82, 2.24) is 4.98 Å². The molecule has 102 valence electrons. The number of fused-ring (bicyclic) bond motifs is 1. The van der Waals surface area contributed by atoms with Crippen molar-refractivity contribution in [3.8, 4) is 0 Å². The van der Waals surface area contributed by atoms with Gasteiger partial charge in [0.2, 0.25) is 0 Å². The smallest absolute Gasteiger partial charge is 0.339 e. The summed E-state index contributed by atoms with van der Waals surface area (Å²) in [5.41, 5.74) is 1.31. The molecule has 3 rings (SSSR count).